The van der Waals surface area contributed by atoms with E-state index in [9.17, 15) is 0 Å². The lowest BCUT2D eigenvalue weighted by Crippen LogP contribution is -2.10. The maximum Gasteiger partial charge on any atom is 0.122 e. The van der Waals surface area contributed by atoms with Crippen LogP contribution in [0.4, 0.5) is 0 Å². The standard InChI is InChI=1S/C11H8Br2N2S/c12-8-5-9(16-10(8)13)6-1-3-7(4-2-6)11(14)15/h1-5H,(H3,14,15). The maximum absolute atomic E-state index is 7.31. The van der Waals surface area contributed by atoms with E-state index in [1.807, 2.05) is 24.3 Å². The smallest absolute Gasteiger partial charge is 0.122 e. The van der Waals surface area contributed by atoms with E-state index in [1.54, 1.807) is 11.3 Å². The molecule has 0 atom stereocenters. The molecule has 5 heteroatoms. The van der Waals surface area contributed by atoms with Gasteiger partial charge in [-0.05, 0) is 43.5 Å². The largest absolute Gasteiger partial charge is 0.384 e. The number of hydrogen-bond acceptors (Lipinski definition) is 2. The third kappa shape index (κ3) is 2.36. The number of halogens is 2. The van der Waals surface area contributed by atoms with E-state index in [1.165, 1.54) is 4.88 Å². The number of nitrogens with two attached hydrogens (primary N) is 1. The molecule has 0 fully saturated rings. The second kappa shape index (κ2) is 4.69. The summed E-state index contributed by atoms with van der Waals surface area (Å²) in [5.74, 6) is 0.0973. The van der Waals surface area contributed by atoms with Crippen molar-refractivity contribution >= 4 is 49.0 Å². The highest BCUT2D eigenvalue weighted by molar-refractivity contribution is 9.13. The normalized spacial score (nSPS) is 10.4. The lowest BCUT2D eigenvalue weighted by Gasteiger charge is -2.00. The lowest BCUT2D eigenvalue weighted by atomic mass is 10.1. The molecule has 0 amide bonds. The monoisotopic (exact) mass is 358 g/mol. The van der Waals surface area contributed by atoms with Gasteiger partial charge in [0, 0.05) is 14.9 Å². The number of nitrogen functional groups attached to an aromatic ring is 1. The van der Waals surface area contributed by atoms with E-state index in [2.05, 4.69) is 37.9 Å². The molecule has 0 aliphatic heterocycles. The van der Waals surface area contributed by atoms with Crippen LogP contribution in [0.25, 0.3) is 10.4 Å². The van der Waals surface area contributed by atoms with Crippen LogP contribution in [0.2, 0.25) is 0 Å². The molecular weight excluding hydrogens is 352 g/mol. The molecule has 0 saturated heterocycles. The number of nitrogens with one attached hydrogen (secondary N) is 1. The van der Waals surface area contributed by atoms with E-state index < -0.39 is 0 Å². The number of hydrogen-bond donors (Lipinski definition) is 2. The zero-order chi connectivity index (χ0) is 11.7. The summed E-state index contributed by atoms with van der Waals surface area (Å²) in [6, 6.07) is 9.73. The summed E-state index contributed by atoms with van der Waals surface area (Å²) >= 11 is 8.60. The summed E-state index contributed by atoms with van der Waals surface area (Å²) in [6.07, 6.45) is 0. The Morgan fingerprint density at radius 3 is 2.25 bits per heavy atom. The molecule has 1 aromatic heterocycles. The van der Waals surface area contributed by atoms with Gasteiger partial charge in [-0.1, -0.05) is 24.3 Å². The van der Waals surface area contributed by atoms with E-state index in [-0.39, 0.29) is 5.84 Å². The summed E-state index contributed by atoms with van der Waals surface area (Å²) in [5, 5.41) is 7.31. The molecule has 0 bridgehead atoms. The minimum absolute atomic E-state index is 0.0973. The number of benzene rings is 1. The van der Waals surface area contributed by atoms with Gasteiger partial charge in [0.1, 0.15) is 5.84 Å². The van der Waals surface area contributed by atoms with Crippen molar-refractivity contribution in [3.63, 3.8) is 0 Å². The molecule has 0 saturated carbocycles. The van der Waals surface area contributed by atoms with Gasteiger partial charge in [0.15, 0.2) is 0 Å². The van der Waals surface area contributed by atoms with E-state index in [0.29, 0.717) is 0 Å². The van der Waals surface area contributed by atoms with Crippen molar-refractivity contribution in [3.8, 4) is 10.4 Å². The molecular formula is C11H8Br2N2S. The topological polar surface area (TPSA) is 49.9 Å². The summed E-state index contributed by atoms with van der Waals surface area (Å²) in [6.45, 7) is 0. The Balaban J connectivity index is 2.38. The highest BCUT2D eigenvalue weighted by atomic mass is 79.9. The van der Waals surface area contributed by atoms with Crippen molar-refractivity contribution in [2.45, 2.75) is 0 Å². The summed E-state index contributed by atoms with van der Waals surface area (Å²) in [4.78, 5) is 1.17. The first-order chi connectivity index (χ1) is 7.58. The first-order valence-corrected chi connectivity index (χ1v) is 6.88. The molecule has 82 valence electrons. The molecule has 2 nitrogen and oxygen atoms in total. The molecule has 1 aromatic carbocycles. The number of rotatable bonds is 2. The SMILES string of the molecule is N=C(N)c1ccc(-c2cc(Br)c(Br)s2)cc1. The lowest BCUT2D eigenvalue weighted by molar-refractivity contribution is 1.43. The third-order valence-electron chi connectivity index (χ3n) is 2.13. The zero-order valence-corrected chi connectivity index (χ0v) is 12.1. The van der Waals surface area contributed by atoms with Crippen molar-refractivity contribution in [3.05, 3.63) is 44.2 Å². The van der Waals surface area contributed by atoms with Crippen LogP contribution in [0.15, 0.2) is 38.6 Å². The molecule has 3 N–H and O–H groups in total. The van der Waals surface area contributed by atoms with Crippen LogP contribution < -0.4 is 5.73 Å². The summed E-state index contributed by atoms with van der Waals surface area (Å²) in [7, 11) is 0. The second-order valence-electron chi connectivity index (χ2n) is 3.22. The van der Waals surface area contributed by atoms with Crippen LogP contribution >= 0.6 is 43.2 Å². The zero-order valence-electron chi connectivity index (χ0n) is 8.13. The van der Waals surface area contributed by atoms with Crippen molar-refractivity contribution in [1.29, 1.82) is 5.41 Å². The van der Waals surface area contributed by atoms with Crippen molar-refractivity contribution in [2.24, 2.45) is 5.73 Å². The Morgan fingerprint density at radius 1 is 1.19 bits per heavy atom. The van der Waals surface area contributed by atoms with Gasteiger partial charge in [-0.3, -0.25) is 5.41 Å². The Morgan fingerprint density at radius 2 is 1.81 bits per heavy atom. The van der Waals surface area contributed by atoms with Crippen molar-refractivity contribution in [1.82, 2.24) is 0 Å². The summed E-state index contributed by atoms with van der Waals surface area (Å²) < 4.78 is 2.14. The van der Waals surface area contributed by atoms with Crippen LogP contribution in [0, 0.1) is 5.41 Å². The molecule has 0 radical (unpaired) electrons. The van der Waals surface area contributed by atoms with Gasteiger partial charge in [0.25, 0.3) is 0 Å². The Bertz CT molecular complexity index is 512. The predicted octanol–water partition coefficient (Wildman–Crippen LogP) is 4.22. The van der Waals surface area contributed by atoms with Gasteiger partial charge >= 0.3 is 0 Å². The molecule has 1 heterocycles. The molecule has 16 heavy (non-hydrogen) atoms. The average molecular weight is 360 g/mol. The molecule has 2 aromatic rings. The maximum atomic E-state index is 7.31. The van der Waals surface area contributed by atoms with E-state index >= 15 is 0 Å². The predicted molar refractivity (Wildman–Crippen MR) is 76.2 cm³/mol. The van der Waals surface area contributed by atoms with Gasteiger partial charge in [0.2, 0.25) is 0 Å². The number of thiophene rings is 1. The fourth-order valence-electron chi connectivity index (χ4n) is 1.30. The van der Waals surface area contributed by atoms with Crippen LogP contribution in [-0.4, -0.2) is 5.84 Å². The third-order valence-corrected chi connectivity index (χ3v) is 5.43. The highest BCUT2D eigenvalue weighted by Gasteiger charge is 2.06. The molecule has 0 unspecified atom stereocenters. The van der Waals surface area contributed by atoms with Crippen molar-refractivity contribution < 1.29 is 0 Å². The molecule has 0 spiro atoms. The van der Waals surface area contributed by atoms with Crippen LogP contribution in [0.1, 0.15) is 5.56 Å². The van der Waals surface area contributed by atoms with Crippen LogP contribution in [0.5, 0.6) is 0 Å². The van der Waals surface area contributed by atoms with Gasteiger partial charge < -0.3 is 5.73 Å². The highest BCUT2D eigenvalue weighted by Crippen LogP contribution is 2.38. The average Bonchev–Trinajstić information content (AvgIpc) is 2.59. The van der Waals surface area contributed by atoms with Crippen LogP contribution in [-0.2, 0) is 0 Å². The Labute approximate surface area is 114 Å². The fourth-order valence-corrected chi connectivity index (χ4v) is 3.34. The Hall–Kier alpha value is -0.650. The summed E-state index contributed by atoms with van der Waals surface area (Å²) in [5.41, 5.74) is 7.28. The van der Waals surface area contributed by atoms with Crippen molar-refractivity contribution in [2.75, 3.05) is 0 Å². The van der Waals surface area contributed by atoms with Gasteiger partial charge in [0.05, 0.1) is 3.79 Å². The van der Waals surface area contributed by atoms with Crippen LogP contribution in [0.3, 0.4) is 0 Å². The first kappa shape index (κ1) is 11.8. The number of amidine groups is 1. The molecule has 0 aliphatic carbocycles. The van der Waals surface area contributed by atoms with Gasteiger partial charge in [-0.2, -0.15) is 0 Å². The minimum atomic E-state index is 0.0973. The van der Waals surface area contributed by atoms with Gasteiger partial charge in [-0.25, -0.2) is 0 Å². The molecule has 2 rings (SSSR count). The first-order valence-electron chi connectivity index (χ1n) is 4.47. The van der Waals surface area contributed by atoms with Gasteiger partial charge in [-0.15, -0.1) is 11.3 Å². The molecule has 0 aliphatic rings. The van der Waals surface area contributed by atoms with E-state index in [0.717, 1.165) is 19.4 Å². The minimum Gasteiger partial charge on any atom is -0.384 e. The quantitative estimate of drug-likeness (QED) is 0.612. The Kier molecular flexibility index (Phi) is 3.47. The van der Waals surface area contributed by atoms with E-state index in [4.69, 9.17) is 11.1 Å². The second-order valence-corrected chi connectivity index (χ2v) is 6.45. The fraction of sp³-hybridized carbons (Fsp3) is 0.